The molecule has 5 nitrogen and oxygen atoms in total. The Balaban J connectivity index is 2.01. The average molecular weight is 382 g/mol. The van der Waals surface area contributed by atoms with Crippen LogP contribution in [0, 0.1) is 18.6 Å². The number of hydrogen-bond acceptors (Lipinski definition) is 3. The number of hydrogen-bond donors (Lipinski definition) is 1. The van der Waals surface area contributed by atoms with E-state index < -0.39 is 21.7 Å². The number of sulfonamides is 1. The first-order chi connectivity index (χ1) is 12.2. The van der Waals surface area contributed by atoms with Crippen molar-refractivity contribution in [3.63, 3.8) is 0 Å². The molecule has 0 aromatic heterocycles. The van der Waals surface area contributed by atoms with E-state index in [9.17, 15) is 22.0 Å². The van der Waals surface area contributed by atoms with Crippen molar-refractivity contribution in [2.24, 2.45) is 0 Å². The molecule has 0 bridgehead atoms. The molecule has 2 aromatic carbocycles. The minimum absolute atomic E-state index is 0.000414. The Hall–Kier alpha value is -2.48. The summed E-state index contributed by atoms with van der Waals surface area (Å²) in [6.07, 6.45) is 1.14. The quantitative estimate of drug-likeness (QED) is 0.800. The van der Waals surface area contributed by atoms with Crippen molar-refractivity contribution >= 4 is 21.6 Å². The molecule has 0 radical (unpaired) electrons. The first kappa shape index (κ1) is 19.8. The molecule has 0 spiro atoms. The first-order valence-corrected chi connectivity index (χ1v) is 9.77. The molecule has 140 valence electrons. The van der Waals surface area contributed by atoms with Gasteiger partial charge < -0.3 is 5.32 Å². The SMILES string of the molecule is Cc1ccccc1CC(=O)NCCN(c1ccc(F)c(F)c1)S(C)(=O)=O. The number of benzene rings is 2. The van der Waals surface area contributed by atoms with E-state index in [-0.39, 0.29) is 31.1 Å². The van der Waals surface area contributed by atoms with E-state index in [1.54, 1.807) is 0 Å². The molecule has 26 heavy (non-hydrogen) atoms. The minimum atomic E-state index is -3.72. The average Bonchev–Trinajstić information content (AvgIpc) is 2.55. The summed E-state index contributed by atoms with van der Waals surface area (Å²) in [4.78, 5) is 12.0. The maximum atomic E-state index is 13.4. The molecule has 2 rings (SSSR count). The van der Waals surface area contributed by atoms with Gasteiger partial charge in [-0.1, -0.05) is 24.3 Å². The van der Waals surface area contributed by atoms with Gasteiger partial charge in [-0.25, -0.2) is 17.2 Å². The lowest BCUT2D eigenvalue weighted by Crippen LogP contribution is -2.38. The Kier molecular flexibility index (Phi) is 6.31. The van der Waals surface area contributed by atoms with Crippen molar-refractivity contribution in [3.8, 4) is 0 Å². The van der Waals surface area contributed by atoms with Gasteiger partial charge in [0.05, 0.1) is 24.9 Å². The number of rotatable bonds is 7. The molecular weight excluding hydrogens is 362 g/mol. The summed E-state index contributed by atoms with van der Waals surface area (Å²) in [5, 5.41) is 2.64. The fourth-order valence-corrected chi connectivity index (χ4v) is 3.39. The van der Waals surface area contributed by atoms with Gasteiger partial charge in [0, 0.05) is 12.6 Å². The summed E-state index contributed by atoms with van der Waals surface area (Å²) >= 11 is 0. The van der Waals surface area contributed by atoms with Crippen LogP contribution in [0.15, 0.2) is 42.5 Å². The Morgan fingerprint density at radius 3 is 2.42 bits per heavy atom. The largest absolute Gasteiger partial charge is 0.354 e. The Morgan fingerprint density at radius 2 is 1.81 bits per heavy atom. The monoisotopic (exact) mass is 382 g/mol. The molecule has 0 unspecified atom stereocenters. The fraction of sp³-hybridized carbons (Fsp3) is 0.278. The second kappa shape index (κ2) is 8.27. The van der Waals surface area contributed by atoms with Gasteiger partial charge in [0.25, 0.3) is 0 Å². The Morgan fingerprint density at radius 1 is 1.12 bits per heavy atom. The third-order valence-electron chi connectivity index (χ3n) is 3.84. The number of halogens is 2. The number of nitrogens with one attached hydrogen (secondary N) is 1. The molecule has 0 saturated heterocycles. The number of carbonyl (C=O) groups is 1. The number of aryl methyl sites for hydroxylation is 1. The van der Waals surface area contributed by atoms with Crippen LogP contribution in [0.3, 0.4) is 0 Å². The molecule has 2 aromatic rings. The summed E-state index contributed by atoms with van der Waals surface area (Å²) in [6, 6.07) is 10.3. The second-order valence-electron chi connectivity index (χ2n) is 5.89. The lowest BCUT2D eigenvalue weighted by Gasteiger charge is -2.22. The predicted molar refractivity (Wildman–Crippen MR) is 96.4 cm³/mol. The fourth-order valence-electron chi connectivity index (χ4n) is 2.47. The van der Waals surface area contributed by atoms with Crippen molar-refractivity contribution in [2.45, 2.75) is 13.3 Å². The smallest absolute Gasteiger partial charge is 0.232 e. The molecule has 0 saturated carbocycles. The van der Waals surface area contributed by atoms with Crippen LogP contribution in [0.1, 0.15) is 11.1 Å². The van der Waals surface area contributed by atoms with Gasteiger partial charge in [-0.3, -0.25) is 9.10 Å². The van der Waals surface area contributed by atoms with E-state index in [4.69, 9.17) is 0 Å². The van der Waals surface area contributed by atoms with E-state index in [1.165, 1.54) is 6.07 Å². The van der Waals surface area contributed by atoms with Crippen LogP contribution < -0.4 is 9.62 Å². The van der Waals surface area contributed by atoms with E-state index in [0.29, 0.717) is 0 Å². The molecule has 0 aliphatic heterocycles. The molecule has 0 aliphatic carbocycles. The summed E-state index contributed by atoms with van der Waals surface area (Å²) < 4.78 is 51.2. The van der Waals surface area contributed by atoms with Crippen molar-refractivity contribution in [1.82, 2.24) is 5.32 Å². The standard InChI is InChI=1S/C18H20F2N2O3S/c1-13-5-3-4-6-14(13)11-18(23)21-9-10-22(26(2,24)25)15-7-8-16(19)17(20)12-15/h3-8,12H,9-11H2,1-2H3,(H,21,23). The lowest BCUT2D eigenvalue weighted by atomic mass is 10.1. The highest BCUT2D eigenvalue weighted by Crippen LogP contribution is 2.20. The highest BCUT2D eigenvalue weighted by Gasteiger charge is 2.19. The molecule has 0 atom stereocenters. The molecule has 0 heterocycles. The normalized spacial score (nSPS) is 11.2. The summed E-state index contributed by atoms with van der Waals surface area (Å²) in [5.74, 6) is -2.45. The van der Waals surface area contributed by atoms with Gasteiger partial charge in [-0.2, -0.15) is 0 Å². The Labute approximate surface area is 151 Å². The van der Waals surface area contributed by atoms with Crippen LogP contribution in [0.4, 0.5) is 14.5 Å². The van der Waals surface area contributed by atoms with Gasteiger partial charge >= 0.3 is 0 Å². The number of nitrogens with zero attached hydrogens (tertiary/aromatic N) is 1. The highest BCUT2D eigenvalue weighted by molar-refractivity contribution is 7.92. The van der Waals surface area contributed by atoms with Crippen LogP contribution in [-0.4, -0.2) is 33.7 Å². The zero-order valence-corrected chi connectivity index (χ0v) is 15.3. The lowest BCUT2D eigenvalue weighted by molar-refractivity contribution is -0.120. The van der Waals surface area contributed by atoms with Crippen molar-refractivity contribution in [2.75, 3.05) is 23.7 Å². The molecule has 8 heteroatoms. The van der Waals surface area contributed by atoms with Gasteiger partial charge in [0.2, 0.25) is 15.9 Å². The van der Waals surface area contributed by atoms with Crippen molar-refractivity contribution in [1.29, 1.82) is 0 Å². The third kappa shape index (κ3) is 5.26. The van der Waals surface area contributed by atoms with Crippen LogP contribution in [0.25, 0.3) is 0 Å². The second-order valence-corrected chi connectivity index (χ2v) is 7.79. The van der Waals surface area contributed by atoms with Gasteiger partial charge in [-0.05, 0) is 30.2 Å². The van der Waals surface area contributed by atoms with E-state index in [1.807, 2.05) is 31.2 Å². The van der Waals surface area contributed by atoms with Crippen LogP contribution in [0.2, 0.25) is 0 Å². The van der Waals surface area contributed by atoms with E-state index in [0.717, 1.165) is 33.8 Å². The number of carbonyl (C=O) groups excluding carboxylic acids is 1. The van der Waals surface area contributed by atoms with Crippen LogP contribution in [-0.2, 0) is 21.2 Å². The summed E-state index contributed by atoms with van der Waals surface area (Å²) in [6.45, 7) is 1.84. The minimum Gasteiger partial charge on any atom is -0.354 e. The van der Waals surface area contributed by atoms with Gasteiger partial charge in [-0.15, -0.1) is 0 Å². The van der Waals surface area contributed by atoms with E-state index >= 15 is 0 Å². The number of amides is 1. The van der Waals surface area contributed by atoms with Crippen molar-refractivity contribution < 1.29 is 22.0 Å². The maximum absolute atomic E-state index is 13.4. The summed E-state index contributed by atoms with van der Waals surface area (Å²) in [5.41, 5.74) is 1.87. The van der Waals surface area contributed by atoms with Gasteiger partial charge in [0.1, 0.15) is 0 Å². The predicted octanol–water partition coefficient (Wildman–Crippen LogP) is 2.40. The van der Waals surface area contributed by atoms with E-state index in [2.05, 4.69) is 5.32 Å². The highest BCUT2D eigenvalue weighted by atomic mass is 32.2. The van der Waals surface area contributed by atoms with Gasteiger partial charge in [0.15, 0.2) is 11.6 Å². The van der Waals surface area contributed by atoms with Crippen LogP contribution in [0.5, 0.6) is 0 Å². The first-order valence-electron chi connectivity index (χ1n) is 7.92. The maximum Gasteiger partial charge on any atom is 0.232 e. The molecule has 1 amide bonds. The topological polar surface area (TPSA) is 66.5 Å². The number of anilines is 1. The molecular formula is C18H20F2N2O3S. The zero-order chi connectivity index (χ0) is 19.3. The van der Waals surface area contributed by atoms with Crippen LogP contribution >= 0.6 is 0 Å². The Bertz CT molecular complexity index is 901. The molecule has 1 N–H and O–H groups in total. The molecule has 0 fully saturated rings. The molecule has 0 aliphatic rings. The summed E-state index contributed by atoms with van der Waals surface area (Å²) in [7, 11) is -3.72. The zero-order valence-electron chi connectivity index (χ0n) is 14.5. The van der Waals surface area contributed by atoms with Crippen molar-refractivity contribution in [3.05, 3.63) is 65.2 Å². The third-order valence-corrected chi connectivity index (χ3v) is 5.03.